The van der Waals surface area contributed by atoms with Crippen LogP contribution in [-0.4, -0.2) is 26.0 Å². The first-order valence-electron chi connectivity index (χ1n) is 5.38. The molecule has 0 aliphatic carbocycles. The summed E-state index contributed by atoms with van der Waals surface area (Å²) in [6.07, 6.45) is 3.33. The van der Waals surface area contributed by atoms with Gasteiger partial charge in [-0.1, -0.05) is 6.07 Å². The van der Waals surface area contributed by atoms with Crippen LogP contribution in [0.2, 0.25) is 0 Å². The lowest BCUT2D eigenvalue weighted by Gasteiger charge is -1.95. The van der Waals surface area contributed by atoms with E-state index in [0.29, 0.717) is 16.9 Å². The molecule has 3 aromatic rings. The quantitative estimate of drug-likeness (QED) is 0.719. The number of fused-ring (bicyclic) bond motifs is 1. The van der Waals surface area contributed by atoms with E-state index >= 15 is 0 Å². The van der Waals surface area contributed by atoms with Crippen LogP contribution in [0.3, 0.4) is 0 Å². The molecule has 0 aliphatic rings. The molecule has 3 rings (SSSR count). The number of nitrogens with one attached hydrogen (secondary N) is 1. The van der Waals surface area contributed by atoms with Crippen LogP contribution in [0.25, 0.3) is 22.4 Å². The van der Waals surface area contributed by atoms with E-state index in [1.54, 1.807) is 30.6 Å². The van der Waals surface area contributed by atoms with Gasteiger partial charge in [-0.15, -0.1) is 0 Å². The average molecular weight is 239 g/mol. The lowest BCUT2D eigenvalue weighted by Crippen LogP contribution is -1.96. The van der Waals surface area contributed by atoms with Crippen LogP contribution in [0.5, 0.6) is 0 Å². The molecular formula is C13H9N3O2. The second-order valence-corrected chi connectivity index (χ2v) is 3.83. The van der Waals surface area contributed by atoms with Gasteiger partial charge in [0, 0.05) is 18.0 Å². The number of aromatic carboxylic acids is 1. The summed E-state index contributed by atoms with van der Waals surface area (Å²) in [6.45, 7) is 0. The lowest BCUT2D eigenvalue weighted by molar-refractivity contribution is 0.0699. The van der Waals surface area contributed by atoms with Crippen molar-refractivity contribution in [3.8, 4) is 11.4 Å². The third-order valence-corrected chi connectivity index (χ3v) is 2.70. The van der Waals surface area contributed by atoms with Crippen LogP contribution in [0.1, 0.15) is 10.4 Å². The number of aromatic nitrogens is 3. The number of para-hydroxylation sites is 1. The number of nitrogens with zero attached hydrogens (tertiary/aromatic N) is 2. The van der Waals surface area contributed by atoms with E-state index in [2.05, 4.69) is 15.0 Å². The first kappa shape index (κ1) is 10.5. The summed E-state index contributed by atoms with van der Waals surface area (Å²) in [4.78, 5) is 22.5. The van der Waals surface area contributed by atoms with Gasteiger partial charge in [0.1, 0.15) is 5.82 Å². The van der Waals surface area contributed by atoms with E-state index in [9.17, 15) is 4.79 Å². The summed E-state index contributed by atoms with van der Waals surface area (Å²) >= 11 is 0. The molecule has 0 spiro atoms. The molecule has 18 heavy (non-hydrogen) atoms. The lowest BCUT2D eigenvalue weighted by atomic mass is 10.2. The fraction of sp³-hybridized carbons (Fsp3) is 0. The van der Waals surface area contributed by atoms with Crippen LogP contribution >= 0.6 is 0 Å². The van der Waals surface area contributed by atoms with Gasteiger partial charge in [0.15, 0.2) is 0 Å². The second kappa shape index (κ2) is 3.96. The Hall–Kier alpha value is -2.69. The number of carboxylic acids is 1. The Kier molecular flexibility index (Phi) is 2.30. The summed E-state index contributed by atoms with van der Waals surface area (Å²) < 4.78 is 0. The molecule has 2 N–H and O–H groups in total. The summed E-state index contributed by atoms with van der Waals surface area (Å²) in [7, 11) is 0. The predicted molar refractivity (Wildman–Crippen MR) is 66.3 cm³/mol. The average Bonchev–Trinajstić information content (AvgIpc) is 2.83. The Morgan fingerprint density at radius 3 is 2.67 bits per heavy atom. The number of imidazole rings is 1. The zero-order valence-electron chi connectivity index (χ0n) is 9.29. The van der Waals surface area contributed by atoms with E-state index in [1.807, 2.05) is 12.1 Å². The van der Waals surface area contributed by atoms with E-state index in [-0.39, 0.29) is 5.56 Å². The van der Waals surface area contributed by atoms with Crippen molar-refractivity contribution >= 4 is 17.0 Å². The van der Waals surface area contributed by atoms with Gasteiger partial charge in [-0.3, -0.25) is 4.98 Å². The molecule has 0 fully saturated rings. The smallest absolute Gasteiger partial charge is 0.337 e. The monoisotopic (exact) mass is 239 g/mol. The Labute approximate surface area is 102 Å². The second-order valence-electron chi connectivity index (χ2n) is 3.83. The molecule has 2 aromatic heterocycles. The highest BCUT2D eigenvalue weighted by molar-refractivity contribution is 6.01. The van der Waals surface area contributed by atoms with Gasteiger partial charge in [0.25, 0.3) is 0 Å². The molecule has 88 valence electrons. The third kappa shape index (κ3) is 1.62. The minimum absolute atomic E-state index is 0.223. The van der Waals surface area contributed by atoms with E-state index < -0.39 is 5.97 Å². The fourth-order valence-electron chi connectivity index (χ4n) is 1.86. The summed E-state index contributed by atoms with van der Waals surface area (Å²) in [6, 6.07) is 8.65. The van der Waals surface area contributed by atoms with Gasteiger partial charge in [-0.05, 0) is 24.3 Å². The maximum Gasteiger partial charge on any atom is 0.337 e. The summed E-state index contributed by atoms with van der Waals surface area (Å²) in [5.74, 6) is -0.327. The molecule has 0 saturated carbocycles. The fourth-order valence-corrected chi connectivity index (χ4v) is 1.86. The first-order chi connectivity index (χ1) is 8.75. The topological polar surface area (TPSA) is 78.9 Å². The molecule has 0 unspecified atom stereocenters. The van der Waals surface area contributed by atoms with Crippen LogP contribution in [0.4, 0.5) is 0 Å². The van der Waals surface area contributed by atoms with E-state index in [1.165, 1.54) is 0 Å². The van der Waals surface area contributed by atoms with Gasteiger partial charge in [-0.25, -0.2) is 9.78 Å². The zero-order valence-corrected chi connectivity index (χ0v) is 9.29. The maximum atomic E-state index is 11.1. The number of aromatic amines is 1. The molecule has 5 nitrogen and oxygen atoms in total. The van der Waals surface area contributed by atoms with Crippen LogP contribution in [0.15, 0.2) is 42.7 Å². The minimum Gasteiger partial charge on any atom is -0.478 e. The zero-order chi connectivity index (χ0) is 12.5. The van der Waals surface area contributed by atoms with Crippen LogP contribution < -0.4 is 0 Å². The SMILES string of the molecule is O=C(O)c1cccc2nc(-c3ccncc3)[nH]c12. The van der Waals surface area contributed by atoms with Crippen molar-refractivity contribution in [2.24, 2.45) is 0 Å². The molecule has 0 saturated heterocycles. The molecule has 1 aromatic carbocycles. The summed E-state index contributed by atoms with van der Waals surface area (Å²) in [5.41, 5.74) is 2.27. The molecule has 0 bridgehead atoms. The number of benzene rings is 1. The van der Waals surface area contributed by atoms with Crippen molar-refractivity contribution in [1.82, 2.24) is 15.0 Å². The number of carbonyl (C=O) groups is 1. The van der Waals surface area contributed by atoms with Crippen molar-refractivity contribution in [1.29, 1.82) is 0 Å². The number of hydrogen-bond donors (Lipinski definition) is 2. The van der Waals surface area contributed by atoms with Crippen molar-refractivity contribution in [2.45, 2.75) is 0 Å². The molecule has 0 amide bonds. The van der Waals surface area contributed by atoms with Crippen molar-refractivity contribution < 1.29 is 9.90 Å². The first-order valence-corrected chi connectivity index (χ1v) is 5.38. The Morgan fingerprint density at radius 2 is 1.94 bits per heavy atom. The molecule has 5 heteroatoms. The number of H-pyrrole nitrogens is 1. The Bertz CT molecular complexity index is 719. The third-order valence-electron chi connectivity index (χ3n) is 2.70. The normalized spacial score (nSPS) is 10.7. The van der Waals surface area contributed by atoms with Crippen molar-refractivity contribution in [2.75, 3.05) is 0 Å². The van der Waals surface area contributed by atoms with Gasteiger partial charge in [-0.2, -0.15) is 0 Å². The molecule has 0 radical (unpaired) electrons. The Morgan fingerprint density at radius 1 is 1.17 bits per heavy atom. The van der Waals surface area contributed by atoms with Gasteiger partial charge >= 0.3 is 5.97 Å². The van der Waals surface area contributed by atoms with Crippen LogP contribution in [0, 0.1) is 0 Å². The van der Waals surface area contributed by atoms with E-state index in [0.717, 1.165) is 5.56 Å². The van der Waals surface area contributed by atoms with Crippen LogP contribution in [-0.2, 0) is 0 Å². The number of hydrogen-bond acceptors (Lipinski definition) is 3. The largest absolute Gasteiger partial charge is 0.478 e. The molecule has 0 aliphatic heterocycles. The molecule has 2 heterocycles. The highest BCUT2D eigenvalue weighted by Gasteiger charge is 2.12. The van der Waals surface area contributed by atoms with Crippen molar-refractivity contribution in [3.63, 3.8) is 0 Å². The highest BCUT2D eigenvalue weighted by atomic mass is 16.4. The van der Waals surface area contributed by atoms with E-state index in [4.69, 9.17) is 5.11 Å². The number of carboxylic acid groups (broad SMARTS) is 1. The summed E-state index contributed by atoms with van der Waals surface area (Å²) in [5, 5.41) is 9.10. The van der Waals surface area contributed by atoms with Gasteiger partial charge in [0.05, 0.1) is 16.6 Å². The highest BCUT2D eigenvalue weighted by Crippen LogP contribution is 2.22. The number of pyridine rings is 1. The standard InChI is InChI=1S/C13H9N3O2/c17-13(18)9-2-1-3-10-11(9)16-12(15-10)8-4-6-14-7-5-8/h1-7H,(H,15,16)(H,17,18). The Balaban J connectivity index is 2.23. The van der Waals surface area contributed by atoms with Gasteiger partial charge in [0.2, 0.25) is 0 Å². The molecular weight excluding hydrogens is 230 g/mol. The number of rotatable bonds is 2. The van der Waals surface area contributed by atoms with Gasteiger partial charge < -0.3 is 10.1 Å². The maximum absolute atomic E-state index is 11.1. The predicted octanol–water partition coefficient (Wildman–Crippen LogP) is 2.32. The van der Waals surface area contributed by atoms with Crippen molar-refractivity contribution in [3.05, 3.63) is 48.3 Å². The minimum atomic E-state index is -0.967. The molecule has 0 atom stereocenters.